The molecule has 0 unspecified atom stereocenters. The second-order valence-electron chi connectivity index (χ2n) is 7.55. The first-order valence-electron chi connectivity index (χ1n) is 8.36. The number of hydrogen-bond acceptors (Lipinski definition) is 5. The van der Waals surface area contributed by atoms with Gasteiger partial charge in [0.25, 0.3) is 0 Å². The molecule has 5 nitrogen and oxygen atoms in total. The van der Waals surface area contributed by atoms with E-state index in [1.54, 1.807) is 0 Å². The maximum Gasteiger partial charge on any atom is 0.229 e. The third-order valence-electron chi connectivity index (χ3n) is 4.65. The third kappa shape index (κ3) is 5.21. The lowest BCUT2D eigenvalue weighted by atomic mass is 9.70. The first kappa shape index (κ1) is 19.2. The highest BCUT2D eigenvalue weighted by Gasteiger charge is 2.32. The SMILES string of the molecule is Cc1nc(NC(=O)C2CCC(C(C)(C)C)CC2)sc1SCC(N)=O. The number of nitrogens with one attached hydrogen (secondary N) is 1. The van der Waals surface area contributed by atoms with Crippen molar-refractivity contribution in [2.75, 3.05) is 11.1 Å². The Labute approximate surface area is 152 Å². The van der Waals surface area contributed by atoms with Gasteiger partial charge in [0.1, 0.15) is 0 Å². The summed E-state index contributed by atoms with van der Waals surface area (Å²) in [6.45, 7) is 8.72. The summed E-state index contributed by atoms with van der Waals surface area (Å²) >= 11 is 2.78. The molecule has 7 heteroatoms. The molecule has 0 atom stereocenters. The van der Waals surface area contributed by atoms with Crippen LogP contribution in [0.1, 0.15) is 52.1 Å². The van der Waals surface area contributed by atoms with E-state index in [9.17, 15) is 9.59 Å². The Morgan fingerprint density at radius 3 is 2.46 bits per heavy atom. The van der Waals surface area contributed by atoms with Gasteiger partial charge in [-0.05, 0) is 43.9 Å². The number of aromatic nitrogens is 1. The Hall–Kier alpha value is -1.08. The normalized spacial score (nSPS) is 21.5. The largest absolute Gasteiger partial charge is 0.369 e. The second kappa shape index (κ2) is 7.87. The van der Waals surface area contributed by atoms with Crippen LogP contribution in [-0.4, -0.2) is 22.6 Å². The molecule has 0 aromatic carbocycles. The summed E-state index contributed by atoms with van der Waals surface area (Å²) < 4.78 is 0.931. The summed E-state index contributed by atoms with van der Waals surface area (Å²) in [5.41, 5.74) is 6.32. The Morgan fingerprint density at radius 1 is 1.29 bits per heavy atom. The van der Waals surface area contributed by atoms with Crippen LogP contribution in [0.3, 0.4) is 0 Å². The Balaban J connectivity index is 1.89. The number of rotatable bonds is 5. The fourth-order valence-corrected chi connectivity index (χ4v) is 5.02. The molecular formula is C17H27N3O2S2. The fourth-order valence-electron chi connectivity index (χ4n) is 3.14. The highest BCUT2D eigenvalue weighted by atomic mass is 32.2. The molecule has 0 spiro atoms. The molecule has 1 saturated carbocycles. The van der Waals surface area contributed by atoms with E-state index < -0.39 is 0 Å². The Kier molecular flexibility index (Phi) is 6.31. The summed E-state index contributed by atoms with van der Waals surface area (Å²) in [7, 11) is 0. The highest BCUT2D eigenvalue weighted by molar-refractivity contribution is 8.01. The van der Waals surface area contributed by atoms with Crippen LogP contribution in [0, 0.1) is 24.2 Å². The van der Waals surface area contributed by atoms with E-state index in [4.69, 9.17) is 5.73 Å². The molecule has 3 N–H and O–H groups in total. The molecule has 0 saturated heterocycles. The average molecular weight is 370 g/mol. The van der Waals surface area contributed by atoms with E-state index >= 15 is 0 Å². The van der Waals surface area contributed by atoms with Crippen molar-refractivity contribution in [3.63, 3.8) is 0 Å². The predicted molar refractivity (Wildman–Crippen MR) is 100 cm³/mol. The van der Waals surface area contributed by atoms with Crippen LogP contribution in [0.15, 0.2) is 4.21 Å². The molecule has 0 aliphatic heterocycles. The summed E-state index contributed by atoms with van der Waals surface area (Å²) in [4.78, 5) is 27.8. The van der Waals surface area contributed by atoms with Crippen molar-refractivity contribution < 1.29 is 9.59 Å². The zero-order chi connectivity index (χ0) is 17.9. The van der Waals surface area contributed by atoms with Crippen LogP contribution in [-0.2, 0) is 9.59 Å². The number of thiazole rings is 1. The lowest BCUT2D eigenvalue weighted by molar-refractivity contribution is -0.121. The van der Waals surface area contributed by atoms with E-state index in [1.165, 1.54) is 23.1 Å². The van der Waals surface area contributed by atoms with Crippen molar-refractivity contribution in [1.82, 2.24) is 4.98 Å². The van der Waals surface area contributed by atoms with Crippen molar-refractivity contribution in [2.45, 2.75) is 57.6 Å². The van der Waals surface area contributed by atoms with Crippen molar-refractivity contribution in [1.29, 1.82) is 0 Å². The number of nitrogens with two attached hydrogens (primary N) is 1. The van der Waals surface area contributed by atoms with Crippen molar-refractivity contribution in [3.8, 4) is 0 Å². The van der Waals surface area contributed by atoms with Crippen LogP contribution in [0.25, 0.3) is 0 Å². The molecule has 1 aliphatic rings. The van der Waals surface area contributed by atoms with Gasteiger partial charge >= 0.3 is 0 Å². The summed E-state index contributed by atoms with van der Waals surface area (Å²) in [5.74, 6) is 0.722. The smallest absolute Gasteiger partial charge is 0.229 e. The van der Waals surface area contributed by atoms with Gasteiger partial charge in [0, 0.05) is 5.92 Å². The Morgan fingerprint density at radius 2 is 1.92 bits per heavy atom. The first-order valence-corrected chi connectivity index (χ1v) is 10.2. The molecule has 0 bridgehead atoms. The fraction of sp³-hybridized carbons (Fsp3) is 0.706. The maximum absolute atomic E-state index is 12.5. The minimum Gasteiger partial charge on any atom is -0.369 e. The lowest BCUT2D eigenvalue weighted by Gasteiger charge is -2.36. The average Bonchev–Trinajstić information content (AvgIpc) is 2.84. The first-order chi connectivity index (χ1) is 11.2. The van der Waals surface area contributed by atoms with E-state index in [0.29, 0.717) is 16.5 Å². The predicted octanol–water partition coefficient (Wildman–Crippen LogP) is 3.82. The van der Waals surface area contributed by atoms with Gasteiger partial charge in [-0.3, -0.25) is 9.59 Å². The minimum atomic E-state index is -0.353. The number of nitrogens with zero attached hydrogens (tertiary/aromatic N) is 1. The molecule has 2 rings (SSSR count). The minimum absolute atomic E-state index is 0.0718. The van der Waals surface area contributed by atoms with E-state index in [-0.39, 0.29) is 23.5 Å². The third-order valence-corrected chi connectivity index (χ3v) is 7.11. The molecule has 1 aromatic heterocycles. The topological polar surface area (TPSA) is 85.1 Å². The highest BCUT2D eigenvalue weighted by Crippen LogP contribution is 2.40. The van der Waals surface area contributed by atoms with Crippen molar-refractivity contribution in [2.24, 2.45) is 23.0 Å². The second-order valence-corrected chi connectivity index (χ2v) is 9.79. The van der Waals surface area contributed by atoms with Crippen LogP contribution in [0.2, 0.25) is 0 Å². The molecule has 1 fully saturated rings. The molecule has 24 heavy (non-hydrogen) atoms. The summed E-state index contributed by atoms with van der Waals surface area (Å²) in [6, 6.07) is 0. The van der Waals surface area contributed by atoms with Gasteiger partial charge in [0.05, 0.1) is 15.7 Å². The molecular weight excluding hydrogens is 342 g/mol. The number of anilines is 1. The van der Waals surface area contributed by atoms with Gasteiger partial charge in [-0.2, -0.15) is 0 Å². The van der Waals surface area contributed by atoms with Crippen molar-refractivity contribution in [3.05, 3.63) is 5.69 Å². The van der Waals surface area contributed by atoms with Gasteiger partial charge in [-0.15, -0.1) is 11.8 Å². The molecule has 0 radical (unpaired) electrons. The lowest BCUT2D eigenvalue weighted by Crippen LogP contribution is -2.31. The van der Waals surface area contributed by atoms with Gasteiger partial charge in [0.2, 0.25) is 11.8 Å². The molecule has 1 aliphatic carbocycles. The van der Waals surface area contributed by atoms with E-state index in [2.05, 4.69) is 31.1 Å². The van der Waals surface area contributed by atoms with Crippen LogP contribution < -0.4 is 11.1 Å². The van der Waals surface area contributed by atoms with Gasteiger partial charge in [-0.25, -0.2) is 4.98 Å². The molecule has 134 valence electrons. The number of carbonyl (C=O) groups excluding carboxylic acids is 2. The quantitative estimate of drug-likeness (QED) is 0.773. The number of carbonyl (C=O) groups is 2. The Bertz CT molecular complexity index is 599. The summed E-state index contributed by atoms with van der Waals surface area (Å²) in [5, 5.41) is 3.57. The standard InChI is InChI=1S/C17H27N3O2S2/c1-10-15(23-9-13(18)21)24-16(19-10)20-14(22)11-5-7-12(8-6-11)17(2,3)4/h11-12H,5-9H2,1-4H3,(H2,18,21)(H,19,20,22). The molecule has 2 amide bonds. The van der Waals surface area contributed by atoms with E-state index in [0.717, 1.165) is 35.6 Å². The van der Waals surface area contributed by atoms with Gasteiger partial charge < -0.3 is 11.1 Å². The zero-order valence-electron chi connectivity index (χ0n) is 14.8. The molecule has 1 aromatic rings. The summed E-state index contributed by atoms with van der Waals surface area (Å²) in [6.07, 6.45) is 4.11. The monoisotopic (exact) mass is 369 g/mol. The number of primary amides is 1. The zero-order valence-corrected chi connectivity index (χ0v) is 16.5. The van der Waals surface area contributed by atoms with E-state index in [1.807, 2.05) is 6.92 Å². The van der Waals surface area contributed by atoms with Crippen LogP contribution in [0.4, 0.5) is 5.13 Å². The maximum atomic E-state index is 12.5. The number of hydrogen-bond donors (Lipinski definition) is 2. The van der Waals surface area contributed by atoms with Crippen LogP contribution >= 0.6 is 23.1 Å². The number of aryl methyl sites for hydroxylation is 1. The van der Waals surface area contributed by atoms with Gasteiger partial charge in [-0.1, -0.05) is 32.1 Å². The number of thioether (sulfide) groups is 1. The van der Waals surface area contributed by atoms with Crippen molar-refractivity contribution >= 4 is 40.0 Å². The molecule has 1 heterocycles. The number of amides is 2. The van der Waals surface area contributed by atoms with Crippen LogP contribution in [0.5, 0.6) is 0 Å². The van der Waals surface area contributed by atoms with Gasteiger partial charge in [0.15, 0.2) is 5.13 Å².